The van der Waals surface area contributed by atoms with Gasteiger partial charge >= 0.3 is 0 Å². The number of carbonyl (C=O) groups is 1. The minimum atomic E-state index is -0.155. The van der Waals surface area contributed by atoms with E-state index in [4.69, 9.17) is 0 Å². The van der Waals surface area contributed by atoms with E-state index < -0.39 is 0 Å². The van der Waals surface area contributed by atoms with Crippen LogP contribution >= 0.6 is 12.4 Å². The van der Waals surface area contributed by atoms with Crippen LogP contribution in [0.15, 0.2) is 29.2 Å². The second-order valence-electron chi connectivity index (χ2n) is 3.59. The largest absolute Gasteiger partial charge is 0.343 e. The standard InChI is InChI=1S/C11H17N3O2.ClH/c1-12-6-8-13(2)11(16)9-14-7-4-3-5-10(14)15;/h3-5,7,12H,6,8-9H2,1-2H3;1H. The Morgan fingerprint density at radius 2 is 2.18 bits per heavy atom. The third-order valence-electron chi connectivity index (χ3n) is 2.33. The lowest BCUT2D eigenvalue weighted by Crippen LogP contribution is -2.36. The van der Waals surface area contributed by atoms with Crippen LogP contribution in [0.4, 0.5) is 0 Å². The van der Waals surface area contributed by atoms with E-state index in [0.29, 0.717) is 6.54 Å². The highest BCUT2D eigenvalue weighted by Gasteiger charge is 2.08. The number of halogens is 1. The van der Waals surface area contributed by atoms with E-state index in [2.05, 4.69) is 5.32 Å². The molecule has 0 spiro atoms. The summed E-state index contributed by atoms with van der Waals surface area (Å²) in [6.45, 7) is 1.47. The van der Waals surface area contributed by atoms with Crippen LogP contribution in [0, 0.1) is 0 Å². The number of pyridine rings is 1. The molecule has 0 aliphatic rings. The van der Waals surface area contributed by atoms with Crippen LogP contribution in [0.2, 0.25) is 0 Å². The van der Waals surface area contributed by atoms with Gasteiger partial charge in [-0.25, -0.2) is 0 Å². The third kappa shape index (κ3) is 5.01. The molecule has 1 rings (SSSR count). The molecular weight excluding hydrogens is 242 g/mol. The van der Waals surface area contributed by atoms with Crippen molar-refractivity contribution in [2.45, 2.75) is 6.54 Å². The molecule has 0 saturated heterocycles. The summed E-state index contributed by atoms with van der Waals surface area (Å²) in [5, 5.41) is 2.97. The van der Waals surface area contributed by atoms with Gasteiger partial charge in [0.25, 0.3) is 5.56 Å². The molecule has 0 aliphatic carbocycles. The number of likely N-dealkylation sites (N-methyl/N-ethyl adjacent to an activating group) is 2. The first-order chi connectivity index (χ1) is 7.65. The molecule has 96 valence electrons. The Morgan fingerprint density at radius 3 is 2.76 bits per heavy atom. The Morgan fingerprint density at radius 1 is 1.47 bits per heavy atom. The summed E-state index contributed by atoms with van der Waals surface area (Å²) in [5.41, 5.74) is -0.155. The van der Waals surface area contributed by atoms with Crippen LogP contribution in [0.5, 0.6) is 0 Å². The average Bonchev–Trinajstić information content (AvgIpc) is 2.28. The highest BCUT2D eigenvalue weighted by molar-refractivity contribution is 5.85. The van der Waals surface area contributed by atoms with Gasteiger partial charge in [-0.1, -0.05) is 6.07 Å². The Bertz CT molecular complexity index is 406. The van der Waals surface area contributed by atoms with E-state index in [1.807, 2.05) is 7.05 Å². The van der Waals surface area contributed by atoms with Gasteiger partial charge in [-0.2, -0.15) is 0 Å². The number of carbonyl (C=O) groups excluding carboxylic acids is 1. The number of aromatic nitrogens is 1. The van der Waals surface area contributed by atoms with E-state index in [1.54, 1.807) is 30.3 Å². The molecule has 0 radical (unpaired) electrons. The highest BCUT2D eigenvalue weighted by Crippen LogP contribution is 1.89. The minimum absolute atomic E-state index is 0. The van der Waals surface area contributed by atoms with Crippen LogP contribution in [0.25, 0.3) is 0 Å². The molecule has 0 fully saturated rings. The normalized spacial score (nSPS) is 9.53. The maximum Gasteiger partial charge on any atom is 0.250 e. The topological polar surface area (TPSA) is 54.3 Å². The molecule has 1 aromatic heterocycles. The molecule has 6 heteroatoms. The first-order valence-corrected chi connectivity index (χ1v) is 5.19. The highest BCUT2D eigenvalue weighted by atomic mass is 35.5. The van der Waals surface area contributed by atoms with Gasteiger partial charge in [0.05, 0.1) is 0 Å². The predicted octanol–water partition coefficient (Wildman–Crippen LogP) is -0.0521. The van der Waals surface area contributed by atoms with Gasteiger partial charge in [0.1, 0.15) is 6.54 Å². The van der Waals surface area contributed by atoms with Gasteiger partial charge in [0.15, 0.2) is 0 Å². The third-order valence-corrected chi connectivity index (χ3v) is 2.33. The summed E-state index contributed by atoms with van der Waals surface area (Å²) in [7, 11) is 3.56. The van der Waals surface area contributed by atoms with Gasteiger partial charge in [0.2, 0.25) is 5.91 Å². The van der Waals surface area contributed by atoms with Crippen LogP contribution < -0.4 is 10.9 Å². The van der Waals surface area contributed by atoms with E-state index in [-0.39, 0.29) is 30.4 Å². The van der Waals surface area contributed by atoms with Gasteiger partial charge in [-0.3, -0.25) is 9.59 Å². The molecule has 1 aromatic rings. The fourth-order valence-electron chi connectivity index (χ4n) is 1.26. The molecule has 1 N–H and O–H groups in total. The molecule has 1 amide bonds. The molecule has 5 nitrogen and oxygen atoms in total. The summed E-state index contributed by atoms with van der Waals surface area (Å²) in [6.07, 6.45) is 1.62. The van der Waals surface area contributed by atoms with Crippen molar-refractivity contribution < 1.29 is 4.79 Å². The maximum absolute atomic E-state index is 11.7. The lowest BCUT2D eigenvalue weighted by atomic mass is 10.4. The van der Waals surface area contributed by atoms with Crippen molar-refractivity contribution >= 4 is 18.3 Å². The smallest absolute Gasteiger partial charge is 0.250 e. The van der Waals surface area contributed by atoms with Crippen LogP contribution in [-0.2, 0) is 11.3 Å². The van der Waals surface area contributed by atoms with Crippen molar-refractivity contribution in [1.82, 2.24) is 14.8 Å². The number of hydrogen-bond donors (Lipinski definition) is 1. The first kappa shape index (κ1) is 15.7. The quantitative estimate of drug-likeness (QED) is 0.807. The molecule has 0 aromatic carbocycles. The van der Waals surface area contributed by atoms with Crippen LogP contribution in [-0.4, -0.2) is 42.6 Å². The molecule has 0 atom stereocenters. The van der Waals surface area contributed by atoms with E-state index in [9.17, 15) is 9.59 Å². The average molecular weight is 260 g/mol. The second-order valence-corrected chi connectivity index (χ2v) is 3.59. The summed E-state index contributed by atoms with van der Waals surface area (Å²) < 4.78 is 1.40. The molecule has 1 heterocycles. The second kappa shape index (κ2) is 7.86. The number of amides is 1. The monoisotopic (exact) mass is 259 g/mol. The Hall–Kier alpha value is -1.33. The van der Waals surface area contributed by atoms with Crippen molar-refractivity contribution in [3.63, 3.8) is 0 Å². The van der Waals surface area contributed by atoms with E-state index in [0.717, 1.165) is 6.54 Å². The van der Waals surface area contributed by atoms with Crippen molar-refractivity contribution in [2.75, 3.05) is 27.2 Å². The number of hydrogen-bond acceptors (Lipinski definition) is 3. The molecular formula is C11H18ClN3O2. The molecule has 0 saturated carbocycles. The molecule has 0 bridgehead atoms. The number of nitrogens with zero attached hydrogens (tertiary/aromatic N) is 2. The zero-order valence-corrected chi connectivity index (χ0v) is 10.9. The summed E-state index contributed by atoms with van der Waals surface area (Å²) in [6, 6.07) is 4.84. The Balaban J connectivity index is 0.00000256. The molecule has 17 heavy (non-hydrogen) atoms. The minimum Gasteiger partial charge on any atom is -0.343 e. The van der Waals surface area contributed by atoms with Crippen molar-refractivity contribution in [3.05, 3.63) is 34.7 Å². The van der Waals surface area contributed by atoms with Gasteiger partial charge in [-0.15, -0.1) is 12.4 Å². The van der Waals surface area contributed by atoms with Gasteiger partial charge in [0, 0.05) is 32.4 Å². The van der Waals surface area contributed by atoms with E-state index >= 15 is 0 Å². The lowest BCUT2D eigenvalue weighted by molar-refractivity contribution is -0.130. The Kier molecular flexibility index (Phi) is 7.25. The van der Waals surface area contributed by atoms with Crippen LogP contribution in [0.1, 0.15) is 0 Å². The maximum atomic E-state index is 11.7. The van der Waals surface area contributed by atoms with Crippen molar-refractivity contribution in [3.8, 4) is 0 Å². The summed E-state index contributed by atoms with van der Waals surface area (Å²) in [4.78, 5) is 24.7. The Labute approximate surface area is 107 Å². The fourth-order valence-corrected chi connectivity index (χ4v) is 1.26. The zero-order chi connectivity index (χ0) is 12.0. The van der Waals surface area contributed by atoms with Crippen molar-refractivity contribution in [1.29, 1.82) is 0 Å². The molecule has 0 unspecified atom stereocenters. The van der Waals surface area contributed by atoms with Crippen LogP contribution in [0.3, 0.4) is 0 Å². The fraction of sp³-hybridized carbons (Fsp3) is 0.455. The predicted molar refractivity (Wildman–Crippen MR) is 69.5 cm³/mol. The lowest BCUT2D eigenvalue weighted by Gasteiger charge is -2.17. The number of rotatable bonds is 5. The molecule has 0 aliphatic heterocycles. The number of nitrogens with one attached hydrogen (secondary N) is 1. The SMILES string of the molecule is CNCCN(C)C(=O)Cn1ccccc1=O.Cl. The first-order valence-electron chi connectivity index (χ1n) is 5.19. The van der Waals surface area contributed by atoms with Gasteiger partial charge in [-0.05, 0) is 13.1 Å². The summed E-state index contributed by atoms with van der Waals surface area (Å²) in [5.74, 6) is -0.0662. The summed E-state index contributed by atoms with van der Waals surface area (Å²) >= 11 is 0. The van der Waals surface area contributed by atoms with Gasteiger partial charge < -0.3 is 14.8 Å². The van der Waals surface area contributed by atoms with E-state index in [1.165, 1.54) is 10.6 Å². The van der Waals surface area contributed by atoms with Crippen molar-refractivity contribution in [2.24, 2.45) is 0 Å². The zero-order valence-electron chi connectivity index (χ0n) is 10.0.